The average Bonchev–Trinajstić information content (AvgIpc) is 3.36. The number of fused-ring (bicyclic) bond motifs is 1. The lowest BCUT2D eigenvalue weighted by molar-refractivity contribution is -0.121. The summed E-state index contributed by atoms with van der Waals surface area (Å²) in [7, 11) is 0. The van der Waals surface area contributed by atoms with Crippen LogP contribution in [0.15, 0.2) is 40.8 Å². The van der Waals surface area contributed by atoms with Gasteiger partial charge >= 0.3 is 0 Å². The van der Waals surface area contributed by atoms with Gasteiger partial charge in [0.25, 0.3) is 5.56 Å². The second-order valence-corrected chi connectivity index (χ2v) is 8.08. The van der Waals surface area contributed by atoms with Crippen molar-refractivity contribution in [2.75, 3.05) is 19.8 Å². The number of rotatable bonds is 6. The lowest BCUT2D eigenvalue weighted by atomic mass is 10.1. The number of carbonyl (C=O) groups excluding carboxylic acids is 1. The number of aromatic nitrogens is 2. The molecule has 2 aromatic heterocycles. The minimum absolute atomic E-state index is 0.0528. The van der Waals surface area contributed by atoms with Gasteiger partial charge in [0.15, 0.2) is 0 Å². The maximum atomic E-state index is 13.0. The van der Waals surface area contributed by atoms with E-state index in [2.05, 4.69) is 10.3 Å². The van der Waals surface area contributed by atoms with Crippen LogP contribution in [0.25, 0.3) is 21.3 Å². The minimum Gasteiger partial charge on any atom is -0.381 e. The molecule has 0 radical (unpaired) electrons. The predicted molar refractivity (Wildman–Crippen MR) is 111 cm³/mol. The van der Waals surface area contributed by atoms with E-state index in [4.69, 9.17) is 4.74 Å². The number of nitrogens with zero attached hydrogens (tertiary/aromatic N) is 2. The van der Waals surface area contributed by atoms with Crippen LogP contribution in [0.3, 0.4) is 0 Å². The van der Waals surface area contributed by atoms with E-state index in [9.17, 15) is 9.59 Å². The molecule has 1 N–H and O–H groups in total. The Hall–Kier alpha value is -2.51. The highest BCUT2D eigenvalue weighted by molar-refractivity contribution is 7.17. The minimum atomic E-state index is -0.0983. The highest BCUT2D eigenvalue weighted by Crippen LogP contribution is 2.30. The van der Waals surface area contributed by atoms with Crippen molar-refractivity contribution in [3.8, 4) is 11.1 Å². The predicted octanol–water partition coefficient (Wildman–Crippen LogP) is 2.98. The molecule has 28 heavy (non-hydrogen) atoms. The van der Waals surface area contributed by atoms with Crippen molar-refractivity contribution in [3.63, 3.8) is 0 Å². The van der Waals surface area contributed by atoms with Crippen LogP contribution in [0.1, 0.15) is 18.4 Å². The van der Waals surface area contributed by atoms with Crippen LogP contribution >= 0.6 is 11.3 Å². The fourth-order valence-corrected chi connectivity index (χ4v) is 4.29. The summed E-state index contributed by atoms with van der Waals surface area (Å²) in [6.45, 7) is 4.46. The summed E-state index contributed by atoms with van der Waals surface area (Å²) in [4.78, 5) is 30.3. The zero-order valence-corrected chi connectivity index (χ0v) is 16.6. The molecule has 3 heterocycles. The van der Waals surface area contributed by atoms with Gasteiger partial charge in [-0.2, -0.15) is 0 Å². The fraction of sp³-hybridized carbons (Fsp3) is 0.381. The number of aryl methyl sites for hydroxylation is 2. The van der Waals surface area contributed by atoms with Gasteiger partial charge < -0.3 is 10.1 Å². The monoisotopic (exact) mass is 397 g/mol. The second kappa shape index (κ2) is 8.24. The van der Waals surface area contributed by atoms with Gasteiger partial charge in [0, 0.05) is 43.0 Å². The number of ether oxygens (including phenoxy) is 1. The Morgan fingerprint density at radius 1 is 1.36 bits per heavy atom. The fourth-order valence-electron chi connectivity index (χ4n) is 3.39. The van der Waals surface area contributed by atoms with Crippen molar-refractivity contribution in [1.29, 1.82) is 0 Å². The normalized spacial score (nSPS) is 16.5. The average molecular weight is 398 g/mol. The molecule has 6 nitrogen and oxygen atoms in total. The van der Waals surface area contributed by atoms with Gasteiger partial charge in [0.1, 0.15) is 4.83 Å². The number of thiophene rings is 1. The highest BCUT2D eigenvalue weighted by atomic mass is 32.1. The van der Waals surface area contributed by atoms with Crippen LogP contribution in [-0.4, -0.2) is 35.2 Å². The smallest absolute Gasteiger partial charge is 0.262 e. The molecule has 1 aromatic carbocycles. The van der Waals surface area contributed by atoms with Gasteiger partial charge in [-0.1, -0.05) is 29.8 Å². The van der Waals surface area contributed by atoms with Gasteiger partial charge in [-0.15, -0.1) is 11.3 Å². The van der Waals surface area contributed by atoms with E-state index in [1.54, 1.807) is 0 Å². The van der Waals surface area contributed by atoms with E-state index in [1.165, 1.54) is 27.8 Å². The molecule has 1 fully saturated rings. The van der Waals surface area contributed by atoms with Gasteiger partial charge in [0.05, 0.1) is 18.3 Å². The Bertz CT molecular complexity index is 1030. The third-order valence-electron chi connectivity index (χ3n) is 5.11. The number of carbonyl (C=O) groups is 1. The van der Waals surface area contributed by atoms with Crippen molar-refractivity contribution in [3.05, 3.63) is 51.9 Å². The van der Waals surface area contributed by atoms with E-state index >= 15 is 0 Å². The van der Waals surface area contributed by atoms with Gasteiger partial charge in [-0.3, -0.25) is 14.2 Å². The molecule has 1 aliphatic rings. The number of benzene rings is 1. The molecule has 146 valence electrons. The number of amides is 1. The standard InChI is InChI=1S/C21H23N3O3S/c1-14-2-4-16(5-3-14)17-12-28-20-19(17)21(26)24(13-23-20)8-6-18(25)22-10-15-7-9-27-11-15/h2-5,12-13,15H,6-11H2,1H3,(H,22,25). The molecule has 1 amide bonds. The van der Waals surface area contributed by atoms with E-state index in [-0.39, 0.29) is 17.9 Å². The van der Waals surface area contributed by atoms with Crippen molar-refractivity contribution in [2.24, 2.45) is 5.92 Å². The van der Waals surface area contributed by atoms with Crippen LogP contribution < -0.4 is 10.9 Å². The van der Waals surface area contributed by atoms with E-state index in [0.717, 1.165) is 29.0 Å². The van der Waals surface area contributed by atoms with E-state index < -0.39 is 0 Å². The molecule has 1 saturated heterocycles. The van der Waals surface area contributed by atoms with Crippen LogP contribution in [0.5, 0.6) is 0 Å². The maximum absolute atomic E-state index is 13.0. The molecule has 1 unspecified atom stereocenters. The molecule has 0 bridgehead atoms. The Labute approximate surface area is 167 Å². The summed E-state index contributed by atoms with van der Waals surface area (Å²) >= 11 is 1.47. The Morgan fingerprint density at radius 2 is 2.18 bits per heavy atom. The second-order valence-electron chi connectivity index (χ2n) is 7.22. The summed E-state index contributed by atoms with van der Waals surface area (Å²) in [5, 5.41) is 5.54. The summed E-state index contributed by atoms with van der Waals surface area (Å²) < 4.78 is 6.85. The first-order valence-corrected chi connectivity index (χ1v) is 10.4. The molecule has 0 aliphatic carbocycles. The van der Waals surface area contributed by atoms with Gasteiger partial charge in [-0.25, -0.2) is 4.98 Å². The lowest BCUT2D eigenvalue weighted by Crippen LogP contribution is -2.31. The van der Waals surface area contributed by atoms with Crippen LogP contribution in [0.2, 0.25) is 0 Å². The zero-order valence-electron chi connectivity index (χ0n) is 15.8. The molecule has 0 spiro atoms. The topological polar surface area (TPSA) is 73.2 Å². The first-order valence-electron chi connectivity index (χ1n) is 9.50. The first-order chi connectivity index (χ1) is 13.6. The Kier molecular flexibility index (Phi) is 5.54. The molecular formula is C21H23N3O3S. The molecule has 7 heteroatoms. The summed E-state index contributed by atoms with van der Waals surface area (Å²) in [5.74, 6) is 0.343. The van der Waals surface area contributed by atoms with Crippen LogP contribution in [-0.2, 0) is 16.1 Å². The number of hydrogen-bond acceptors (Lipinski definition) is 5. The number of nitrogens with one attached hydrogen (secondary N) is 1. The number of hydrogen-bond donors (Lipinski definition) is 1. The third kappa shape index (κ3) is 4.00. The molecule has 4 rings (SSSR count). The largest absolute Gasteiger partial charge is 0.381 e. The van der Waals surface area contributed by atoms with Crippen molar-refractivity contribution in [2.45, 2.75) is 26.3 Å². The zero-order chi connectivity index (χ0) is 19.5. The van der Waals surface area contributed by atoms with Gasteiger partial charge in [0.2, 0.25) is 5.91 Å². The van der Waals surface area contributed by atoms with Crippen molar-refractivity contribution >= 4 is 27.5 Å². The molecule has 0 saturated carbocycles. The summed E-state index contributed by atoms with van der Waals surface area (Å²) in [6, 6.07) is 8.11. The summed E-state index contributed by atoms with van der Waals surface area (Å²) in [5.41, 5.74) is 2.98. The molecule has 3 aromatic rings. The summed E-state index contributed by atoms with van der Waals surface area (Å²) in [6.07, 6.45) is 2.78. The van der Waals surface area contributed by atoms with Crippen LogP contribution in [0.4, 0.5) is 0 Å². The Morgan fingerprint density at radius 3 is 2.93 bits per heavy atom. The SMILES string of the molecule is Cc1ccc(-c2csc3ncn(CCC(=O)NCC4CCOC4)c(=O)c23)cc1. The van der Waals surface area contributed by atoms with E-state index in [1.807, 2.05) is 36.6 Å². The molecule has 1 aliphatic heterocycles. The molecular weight excluding hydrogens is 374 g/mol. The quantitative estimate of drug-likeness (QED) is 0.694. The molecule has 1 atom stereocenters. The maximum Gasteiger partial charge on any atom is 0.262 e. The van der Waals surface area contributed by atoms with Gasteiger partial charge in [-0.05, 0) is 18.9 Å². The van der Waals surface area contributed by atoms with Crippen molar-refractivity contribution < 1.29 is 9.53 Å². The highest BCUT2D eigenvalue weighted by Gasteiger charge is 2.17. The van der Waals surface area contributed by atoms with E-state index in [0.29, 0.717) is 31.0 Å². The first kappa shape index (κ1) is 18.8. The van der Waals surface area contributed by atoms with Crippen LogP contribution in [0, 0.1) is 12.8 Å². The Balaban J connectivity index is 1.49. The third-order valence-corrected chi connectivity index (χ3v) is 6.00. The lowest BCUT2D eigenvalue weighted by Gasteiger charge is -2.10. The van der Waals surface area contributed by atoms with Crippen molar-refractivity contribution in [1.82, 2.24) is 14.9 Å².